The van der Waals surface area contributed by atoms with Crippen LogP contribution in [0.2, 0.25) is 0 Å². The van der Waals surface area contributed by atoms with Crippen molar-refractivity contribution in [2.24, 2.45) is 0 Å². The highest BCUT2D eigenvalue weighted by atomic mass is 16.5. The summed E-state index contributed by atoms with van der Waals surface area (Å²) in [6.45, 7) is 7.60. The molecule has 0 saturated heterocycles. The molecule has 0 amide bonds. The topological polar surface area (TPSA) is 38.5 Å². The molecule has 2 rings (SSSR count). The molecule has 0 saturated carbocycles. The molecule has 0 fully saturated rings. The number of nitrogens with two attached hydrogens (primary N) is 1. The summed E-state index contributed by atoms with van der Waals surface area (Å²) in [4.78, 5) is 2.23. The van der Waals surface area contributed by atoms with Gasteiger partial charge in [-0.3, -0.25) is 0 Å². The van der Waals surface area contributed by atoms with Gasteiger partial charge in [0.15, 0.2) is 0 Å². The molecule has 0 aromatic heterocycles. The molecule has 1 aliphatic rings. The van der Waals surface area contributed by atoms with Crippen molar-refractivity contribution in [1.82, 2.24) is 0 Å². The zero-order valence-electron chi connectivity index (χ0n) is 9.65. The van der Waals surface area contributed by atoms with Crippen LogP contribution in [0.5, 0.6) is 5.75 Å². The third-order valence-corrected chi connectivity index (χ3v) is 2.87. The van der Waals surface area contributed by atoms with Gasteiger partial charge in [-0.15, -0.1) is 6.58 Å². The maximum absolute atomic E-state index is 5.99. The average Bonchev–Trinajstić information content (AvgIpc) is 2.29. The van der Waals surface area contributed by atoms with Crippen LogP contribution in [-0.2, 0) is 0 Å². The van der Waals surface area contributed by atoms with Crippen molar-refractivity contribution in [3.05, 3.63) is 30.9 Å². The summed E-state index contributed by atoms with van der Waals surface area (Å²) in [6.07, 6.45) is 3.14. The summed E-state index contributed by atoms with van der Waals surface area (Å²) in [5.74, 6) is 0.889. The van der Waals surface area contributed by atoms with E-state index in [1.54, 1.807) is 0 Å². The molecule has 0 spiro atoms. The lowest BCUT2D eigenvalue weighted by molar-refractivity contribution is 0.190. The van der Waals surface area contributed by atoms with Gasteiger partial charge in [-0.05, 0) is 18.6 Å². The molecule has 3 nitrogen and oxygen atoms in total. The van der Waals surface area contributed by atoms with E-state index in [-0.39, 0.29) is 6.10 Å². The molecular weight excluding hydrogens is 200 g/mol. The van der Waals surface area contributed by atoms with Crippen LogP contribution in [-0.4, -0.2) is 19.2 Å². The number of nitrogen functional groups attached to an aromatic ring is 1. The number of fused-ring (bicyclic) bond motifs is 1. The van der Waals surface area contributed by atoms with E-state index < -0.39 is 0 Å². The molecule has 0 aliphatic carbocycles. The maximum atomic E-state index is 5.99. The summed E-state index contributed by atoms with van der Waals surface area (Å²) in [5.41, 5.74) is 7.77. The van der Waals surface area contributed by atoms with Gasteiger partial charge in [-0.25, -0.2) is 0 Å². The second kappa shape index (κ2) is 4.47. The van der Waals surface area contributed by atoms with Crippen LogP contribution >= 0.6 is 0 Å². The summed E-state index contributed by atoms with van der Waals surface area (Å²) < 4.78 is 5.88. The first-order valence-electron chi connectivity index (χ1n) is 5.67. The van der Waals surface area contributed by atoms with Gasteiger partial charge >= 0.3 is 0 Å². The third kappa shape index (κ3) is 1.85. The Hall–Kier alpha value is -1.64. The Morgan fingerprint density at radius 3 is 3.12 bits per heavy atom. The molecule has 2 N–H and O–H groups in total. The molecule has 1 unspecified atom stereocenters. The van der Waals surface area contributed by atoms with Crippen molar-refractivity contribution in [2.45, 2.75) is 19.4 Å². The highest BCUT2D eigenvalue weighted by Gasteiger charge is 2.25. The first-order valence-corrected chi connectivity index (χ1v) is 5.67. The monoisotopic (exact) mass is 218 g/mol. The Bertz CT molecular complexity index is 390. The van der Waals surface area contributed by atoms with Crippen molar-refractivity contribution < 1.29 is 4.74 Å². The van der Waals surface area contributed by atoms with Gasteiger partial charge < -0.3 is 15.4 Å². The largest absolute Gasteiger partial charge is 0.486 e. The smallest absolute Gasteiger partial charge is 0.145 e. The van der Waals surface area contributed by atoms with Crippen molar-refractivity contribution in [1.29, 1.82) is 0 Å². The lowest BCUT2D eigenvalue weighted by atomic mass is 10.1. The fourth-order valence-corrected chi connectivity index (χ4v) is 2.06. The molecule has 0 radical (unpaired) electrons. The molecule has 0 bridgehead atoms. The summed E-state index contributed by atoms with van der Waals surface area (Å²) in [6, 6.07) is 5.81. The Kier molecular flexibility index (Phi) is 3.04. The number of benzene rings is 1. The van der Waals surface area contributed by atoms with Gasteiger partial charge in [-0.1, -0.05) is 19.1 Å². The number of rotatable bonds is 3. The highest BCUT2D eigenvalue weighted by Crippen LogP contribution is 2.38. The SMILES string of the molecule is C=CCN1CC(CC)Oc2cccc(N)c21. The van der Waals surface area contributed by atoms with Crippen LogP contribution in [0, 0.1) is 0 Å². The van der Waals surface area contributed by atoms with E-state index in [0.717, 1.165) is 36.6 Å². The summed E-state index contributed by atoms with van der Waals surface area (Å²) >= 11 is 0. The quantitative estimate of drug-likeness (QED) is 0.625. The van der Waals surface area contributed by atoms with E-state index in [4.69, 9.17) is 10.5 Å². The molecule has 1 aromatic carbocycles. The summed E-state index contributed by atoms with van der Waals surface area (Å²) in [5, 5.41) is 0. The van der Waals surface area contributed by atoms with E-state index in [1.807, 2.05) is 24.3 Å². The molecule has 1 aromatic rings. The highest BCUT2D eigenvalue weighted by molar-refractivity contribution is 5.76. The second-order valence-corrected chi connectivity index (χ2v) is 4.04. The van der Waals surface area contributed by atoms with Gasteiger partial charge in [0, 0.05) is 6.54 Å². The Morgan fingerprint density at radius 2 is 2.44 bits per heavy atom. The van der Waals surface area contributed by atoms with E-state index >= 15 is 0 Å². The normalized spacial score (nSPS) is 18.8. The fraction of sp³-hybridized carbons (Fsp3) is 0.385. The van der Waals surface area contributed by atoms with E-state index in [9.17, 15) is 0 Å². The Labute approximate surface area is 96.5 Å². The first kappa shape index (κ1) is 10.9. The average molecular weight is 218 g/mol. The molecule has 1 heterocycles. The standard InChI is InChI=1S/C13H18N2O/c1-3-8-15-9-10(4-2)16-12-7-5-6-11(14)13(12)15/h3,5-7,10H,1,4,8-9,14H2,2H3. The number of para-hydroxylation sites is 1. The van der Waals surface area contributed by atoms with E-state index in [1.165, 1.54) is 0 Å². The van der Waals surface area contributed by atoms with Crippen molar-refractivity contribution >= 4 is 11.4 Å². The number of hydrogen-bond acceptors (Lipinski definition) is 3. The van der Waals surface area contributed by atoms with Gasteiger partial charge in [0.05, 0.1) is 12.2 Å². The predicted octanol–water partition coefficient (Wildman–Crippen LogP) is 2.43. The molecule has 16 heavy (non-hydrogen) atoms. The van der Waals surface area contributed by atoms with Crippen LogP contribution in [0.1, 0.15) is 13.3 Å². The van der Waals surface area contributed by atoms with E-state index in [0.29, 0.717) is 0 Å². The maximum Gasteiger partial charge on any atom is 0.145 e. The zero-order valence-corrected chi connectivity index (χ0v) is 9.65. The molecule has 3 heteroatoms. The minimum absolute atomic E-state index is 0.245. The zero-order chi connectivity index (χ0) is 11.5. The third-order valence-electron chi connectivity index (χ3n) is 2.87. The molecule has 1 aliphatic heterocycles. The van der Waals surface area contributed by atoms with E-state index in [2.05, 4.69) is 18.4 Å². The first-order chi connectivity index (χ1) is 7.76. The van der Waals surface area contributed by atoms with Crippen molar-refractivity contribution in [3.63, 3.8) is 0 Å². The van der Waals surface area contributed by atoms with Crippen LogP contribution in [0.4, 0.5) is 11.4 Å². The van der Waals surface area contributed by atoms with Gasteiger partial charge in [-0.2, -0.15) is 0 Å². The minimum atomic E-state index is 0.245. The Morgan fingerprint density at radius 1 is 1.62 bits per heavy atom. The van der Waals surface area contributed by atoms with Crippen LogP contribution < -0.4 is 15.4 Å². The number of hydrogen-bond donors (Lipinski definition) is 1. The molecular formula is C13H18N2O. The molecule has 1 atom stereocenters. The van der Waals surface area contributed by atoms with Crippen molar-refractivity contribution in [2.75, 3.05) is 23.7 Å². The second-order valence-electron chi connectivity index (χ2n) is 4.04. The van der Waals surface area contributed by atoms with Gasteiger partial charge in [0.1, 0.15) is 17.5 Å². The van der Waals surface area contributed by atoms with Gasteiger partial charge in [0.25, 0.3) is 0 Å². The van der Waals surface area contributed by atoms with Gasteiger partial charge in [0.2, 0.25) is 0 Å². The van der Waals surface area contributed by atoms with Crippen LogP contribution in [0.3, 0.4) is 0 Å². The summed E-state index contributed by atoms with van der Waals surface area (Å²) in [7, 11) is 0. The fourth-order valence-electron chi connectivity index (χ4n) is 2.06. The lowest BCUT2D eigenvalue weighted by Gasteiger charge is -2.36. The van der Waals surface area contributed by atoms with Crippen LogP contribution in [0.15, 0.2) is 30.9 Å². The number of nitrogens with zero attached hydrogens (tertiary/aromatic N) is 1. The molecule has 86 valence electrons. The van der Waals surface area contributed by atoms with Crippen LogP contribution in [0.25, 0.3) is 0 Å². The lowest BCUT2D eigenvalue weighted by Crippen LogP contribution is -2.40. The Balaban J connectivity index is 2.38. The number of anilines is 2. The number of ether oxygens (including phenoxy) is 1. The minimum Gasteiger partial charge on any atom is -0.486 e. The van der Waals surface area contributed by atoms with Crippen molar-refractivity contribution in [3.8, 4) is 5.75 Å². The predicted molar refractivity (Wildman–Crippen MR) is 68.0 cm³/mol.